The molecule has 0 bridgehead atoms. The first kappa shape index (κ1) is 26.6. The van der Waals surface area contributed by atoms with Crippen molar-refractivity contribution in [2.75, 3.05) is 24.5 Å². The van der Waals surface area contributed by atoms with Crippen molar-refractivity contribution in [2.24, 2.45) is 5.92 Å². The highest BCUT2D eigenvalue weighted by Crippen LogP contribution is 2.53. The van der Waals surface area contributed by atoms with Gasteiger partial charge in [-0.25, -0.2) is 9.37 Å². The number of rotatable bonds is 7. The number of aromatic nitrogens is 1. The summed E-state index contributed by atoms with van der Waals surface area (Å²) < 4.78 is 63.9. The van der Waals surface area contributed by atoms with Crippen molar-refractivity contribution in [1.29, 1.82) is 0 Å². The summed E-state index contributed by atoms with van der Waals surface area (Å²) in [5.41, 5.74) is -5.95. The first-order chi connectivity index (χ1) is 18.0. The van der Waals surface area contributed by atoms with Crippen LogP contribution in [0.4, 0.5) is 23.2 Å². The fourth-order valence-electron chi connectivity index (χ4n) is 5.75. The fraction of sp³-hybridized carbons (Fsp3) is 0.407. The summed E-state index contributed by atoms with van der Waals surface area (Å²) in [6, 6.07) is 5.80. The number of amides is 1. The van der Waals surface area contributed by atoms with Crippen molar-refractivity contribution in [3.05, 3.63) is 70.3 Å². The van der Waals surface area contributed by atoms with Gasteiger partial charge in [0, 0.05) is 23.7 Å². The molecule has 1 aliphatic carbocycles. The van der Waals surface area contributed by atoms with Gasteiger partial charge >= 0.3 is 6.18 Å². The molecule has 2 aliphatic rings. The molecule has 0 radical (unpaired) electrons. The molecule has 1 saturated carbocycles. The molecular weight excluding hydrogens is 526 g/mol. The summed E-state index contributed by atoms with van der Waals surface area (Å²) in [5, 5.41) is 11.5. The molecule has 1 aromatic heterocycles. The summed E-state index contributed by atoms with van der Waals surface area (Å²) in [4.78, 5) is 21.3. The maximum Gasteiger partial charge on any atom is 0.416 e. The predicted octanol–water partition coefficient (Wildman–Crippen LogP) is 5.86. The Morgan fingerprint density at radius 2 is 1.92 bits per heavy atom. The third-order valence-electron chi connectivity index (χ3n) is 7.61. The number of halogens is 5. The van der Waals surface area contributed by atoms with Gasteiger partial charge < -0.3 is 19.3 Å². The Kier molecular flexibility index (Phi) is 6.77. The number of fused-ring (bicyclic) bond motifs is 1. The third kappa shape index (κ3) is 4.19. The molecular formula is C27H26ClF4N3O3. The summed E-state index contributed by atoms with van der Waals surface area (Å²) >= 11 is 6.21. The maximum atomic E-state index is 15.1. The highest BCUT2D eigenvalue weighted by Gasteiger charge is 2.58. The molecule has 2 heterocycles. The number of benzene rings is 2. The first-order valence-electron chi connectivity index (χ1n) is 12.4. The van der Waals surface area contributed by atoms with Gasteiger partial charge in [0.05, 0.1) is 28.0 Å². The van der Waals surface area contributed by atoms with Crippen molar-refractivity contribution in [3.63, 3.8) is 0 Å². The zero-order valence-corrected chi connectivity index (χ0v) is 21.5. The molecule has 0 unspecified atom stereocenters. The molecule has 202 valence electrons. The van der Waals surface area contributed by atoms with Crippen LogP contribution in [0.15, 0.2) is 47.2 Å². The Morgan fingerprint density at radius 3 is 2.50 bits per heavy atom. The topological polar surface area (TPSA) is 69.8 Å². The number of carbonyl (C=O) groups excluding carboxylic acids is 1. The lowest BCUT2D eigenvalue weighted by Gasteiger charge is -2.43. The Labute approximate surface area is 221 Å². The number of oxazole rings is 1. The van der Waals surface area contributed by atoms with Crippen LogP contribution in [0.5, 0.6) is 0 Å². The summed E-state index contributed by atoms with van der Waals surface area (Å²) in [5.74, 6) is -2.27. The Bertz CT molecular complexity index is 1330. The van der Waals surface area contributed by atoms with Gasteiger partial charge in [-0.2, -0.15) is 13.2 Å². The molecule has 1 fully saturated rings. The van der Waals surface area contributed by atoms with Crippen LogP contribution < -0.4 is 4.90 Å². The predicted molar refractivity (Wildman–Crippen MR) is 133 cm³/mol. The molecule has 6 nitrogen and oxygen atoms in total. The van der Waals surface area contributed by atoms with Crippen LogP contribution in [0, 0.1) is 11.7 Å². The second-order valence-electron chi connectivity index (χ2n) is 9.69. The van der Waals surface area contributed by atoms with Gasteiger partial charge in [0.25, 0.3) is 5.91 Å². The van der Waals surface area contributed by atoms with Gasteiger partial charge in [0.2, 0.25) is 11.5 Å². The molecule has 5 rings (SSSR count). The van der Waals surface area contributed by atoms with Crippen molar-refractivity contribution in [1.82, 2.24) is 9.88 Å². The van der Waals surface area contributed by atoms with Crippen LogP contribution >= 0.6 is 11.6 Å². The summed E-state index contributed by atoms with van der Waals surface area (Å²) in [7, 11) is 0. The average molecular weight is 552 g/mol. The lowest BCUT2D eigenvalue weighted by atomic mass is 9.78. The molecule has 2 aromatic carbocycles. The number of hydrogen-bond donors (Lipinski definition) is 1. The van der Waals surface area contributed by atoms with Crippen molar-refractivity contribution >= 4 is 23.2 Å². The highest BCUT2D eigenvalue weighted by atomic mass is 35.5. The zero-order chi connectivity index (χ0) is 27.4. The van der Waals surface area contributed by atoms with Crippen molar-refractivity contribution < 1.29 is 31.9 Å². The number of carbonyl (C=O) groups is 1. The highest BCUT2D eigenvalue weighted by molar-refractivity contribution is 6.32. The van der Waals surface area contributed by atoms with Crippen LogP contribution in [-0.2, 0) is 16.6 Å². The van der Waals surface area contributed by atoms with E-state index < -0.39 is 40.2 Å². The van der Waals surface area contributed by atoms with Gasteiger partial charge in [0.15, 0.2) is 0 Å². The Balaban J connectivity index is 1.68. The van der Waals surface area contributed by atoms with Gasteiger partial charge in [-0.15, -0.1) is 0 Å². The third-order valence-corrected chi connectivity index (χ3v) is 7.93. The van der Waals surface area contributed by atoms with Gasteiger partial charge in [0.1, 0.15) is 12.1 Å². The van der Waals surface area contributed by atoms with E-state index in [1.54, 1.807) is 0 Å². The normalized spacial score (nSPS) is 23.2. The minimum absolute atomic E-state index is 0.0180. The van der Waals surface area contributed by atoms with Crippen LogP contribution in [0.2, 0.25) is 5.02 Å². The van der Waals surface area contributed by atoms with E-state index in [0.29, 0.717) is 6.04 Å². The number of hydrogen-bond acceptors (Lipinski definition) is 5. The summed E-state index contributed by atoms with van der Waals surface area (Å²) in [6.45, 7) is 5.89. The Morgan fingerprint density at radius 1 is 1.21 bits per heavy atom. The van der Waals surface area contributed by atoms with Crippen LogP contribution in [-0.4, -0.2) is 46.6 Å². The molecule has 38 heavy (non-hydrogen) atoms. The van der Waals surface area contributed by atoms with Gasteiger partial charge in [-0.1, -0.05) is 31.5 Å². The molecule has 1 aliphatic heterocycles. The Hall–Kier alpha value is -2.95. The molecule has 11 heteroatoms. The molecule has 1 atom stereocenters. The van der Waals surface area contributed by atoms with E-state index in [9.17, 15) is 23.1 Å². The quantitative estimate of drug-likeness (QED) is 0.373. The second kappa shape index (κ2) is 9.66. The van der Waals surface area contributed by atoms with E-state index in [4.69, 9.17) is 16.0 Å². The monoisotopic (exact) mass is 551 g/mol. The van der Waals surface area contributed by atoms with Gasteiger partial charge in [-0.05, 0) is 56.1 Å². The smallest absolute Gasteiger partial charge is 0.416 e. The van der Waals surface area contributed by atoms with Crippen LogP contribution in [0.25, 0.3) is 11.5 Å². The number of alkyl halides is 3. The summed E-state index contributed by atoms with van der Waals surface area (Å²) in [6.07, 6.45) is -1.01. The van der Waals surface area contributed by atoms with E-state index in [1.807, 2.05) is 0 Å². The zero-order valence-electron chi connectivity index (χ0n) is 20.7. The number of anilines is 1. The van der Waals surface area contributed by atoms with E-state index in [0.717, 1.165) is 43.0 Å². The van der Waals surface area contributed by atoms with Crippen LogP contribution in [0.1, 0.15) is 43.4 Å². The molecule has 3 aromatic rings. The molecule has 0 saturated heterocycles. The fourth-order valence-corrected chi connectivity index (χ4v) is 6.05. The van der Waals surface area contributed by atoms with E-state index >= 15 is 4.39 Å². The first-order valence-corrected chi connectivity index (χ1v) is 12.8. The average Bonchev–Trinajstić information content (AvgIpc) is 3.44. The lowest BCUT2D eigenvalue weighted by molar-refractivity contribution is -0.142. The van der Waals surface area contributed by atoms with E-state index in [-0.39, 0.29) is 34.6 Å². The van der Waals surface area contributed by atoms with E-state index in [2.05, 4.69) is 23.7 Å². The van der Waals surface area contributed by atoms with Crippen LogP contribution in [0.3, 0.4) is 0 Å². The van der Waals surface area contributed by atoms with Crippen molar-refractivity contribution in [2.45, 2.75) is 44.5 Å². The van der Waals surface area contributed by atoms with Gasteiger partial charge in [-0.3, -0.25) is 4.79 Å². The number of nitrogens with zero attached hydrogens (tertiary/aromatic N) is 3. The minimum Gasteiger partial charge on any atom is -0.445 e. The molecule has 1 amide bonds. The molecule has 1 N–H and O–H groups in total. The second-order valence-corrected chi connectivity index (χ2v) is 10.1. The molecule has 0 spiro atoms. The maximum absolute atomic E-state index is 15.1. The number of aliphatic hydroxyl groups is 1. The largest absolute Gasteiger partial charge is 0.445 e. The van der Waals surface area contributed by atoms with E-state index in [1.165, 1.54) is 30.7 Å². The SMILES string of the molecule is CCN(CC)C1CC(CN2C(=O)[C@](O)(c3c(F)cccc3Cl)c3c2cc(-c2ncco2)cc3C(F)(F)F)C1. The minimum atomic E-state index is -5.00. The lowest BCUT2D eigenvalue weighted by Crippen LogP contribution is -2.50. The standard InChI is InChI=1S/C27H26ClF4N3O3/c1-3-34(4-2)17-10-15(11-17)14-35-21-13-16(24-33-8-9-38-24)12-18(27(30,31)32)22(21)26(37,25(35)36)23-19(28)6-5-7-20(23)29/h5-9,12-13,15,17,37H,3-4,10-11,14H2,1-2H3/t15?,17?,26-/m1/s1. The van der Waals surface area contributed by atoms with Crippen molar-refractivity contribution in [3.8, 4) is 11.5 Å².